The number of aromatic nitrogens is 4. The number of hydrogen-bond donors (Lipinski definition) is 0. The van der Waals surface area contributed by atoms with Crippen LogP contribution in [0, 0.1) is 12.7 Å². The number of rotatable bonds is 7. The lowest BCUT2D eigenvalue weighted by molar-refractivity contribution is -0.133. The first-order valence-electron chi connectivity index (χ1n) is 11.5. The van der Waals surface area contributed by atoms with Gasteiger partial charge in [0, 0.05) is 36.3 Å². The van der Waals surface area contributed by atoms with Gasteiger partial charge in [0.25, 0.3) is 0 Å². The molecule has 1 aliphatic rings. The van der Waals surface area contributed by atoms with Gasteiger partial charge < -0.3 is 9.64 Å². The third-order valence-corrected chi connectivity index (χ3v) is 6.25. The van der Waals surface area contributed by atoms with Gasteiger partial charge in [-0.1, -0.05) is 13.3 Å². The van der Waals surface area contributed by atoms with Crippen LogP contribution >= 0.6 is 0 Å². The molecule has 1 amide bonds. The molecule has 0 atom stereocenters. The fourth-order valence-electron chi connectivity index (χ4n) is 4.34. The summed E-state index contributed by atoms with van der Waals surface area (Å²) in [7, 11) is 1.60. The SMILES string of the molecule is CCCc1cc(-c2ccc(F)c(C)c2)nn1CC(=O)N1CCC(c2cc(OC)ncn2)CC1. The molecule has 0 N–H and O–H groups in total. The summed E-state index contributed by atoms with van der Waals surface area (Å²) in [5, 5.41) is 4.70. The molecule has 0 radical (unpaired) electrons. The summed E-state index contributed by atoms with van der Waals surface area (Å²) in [4.78, 5) is 23.5. The molecule has 1 saturated heterocycles. The Morgan fingerprint density at radius 2 is 1.97 bits per heavy atom. The highest BCUT2D eigenvalue weighted by Gasteiger charge is 2.26. The number of hydrogen-bond acceptors (Lipinski definition) is 5. The van der Waals surface area contributed by atoms with Crippen LogP contribution in [0.5, 0.6) is 5.88 Å². The molecule has 3 heterocycles. The third kappa shape index (κ3) is 5.21. The van der Waals surface area contributed by atoms with Crippen LogP contribution in [-0.2, 0) is 17.8 Å². The minimum Gasteiger partial charge on any atom is -0.481 e. The van der Waals surface area contributed by atoms with E-state index in [1.807, 2.05) is 17.0 Å². The number of likely N-dealkylation sites (tertiary alicyclic amines) is 1. The van der Waals surface area contributed by atoms with Gasteiger partial charge in [0.15, 0.2) is 0 Å². The number of amides is 1. The first-order valence-corrected chi connectivity index (χ1v) is 11.5. The summed E-state index contributed by atoms with van der Waals surface area (Å²) in [6.07, 6.45) is 5.02. The molecule has 8 heteroatoms. The molecule has 7 nitrogen and oxygen atoms in total. The van der Waals surface area contributed by atoms with Crippen molar-refractivity contribution in [1.29, 1.82) is 0 Å². The van der Waals surface area contributed by atoms with Crippen molar-refractivity contribution >= 4 is 5.91 Å². The number of methoxy groups -OCH3 is 1. The van der Waals surface area contributed by atoms with E-state index in [1.165, 1.54) is 12.4 Å². The van der Waals surface area contributed by atoms with Crippen molar-refractivity contribution < 1.29 is 13.9 Å². The molecule has 3 aromatic rings. The first kappa shape index (κ1) is 22.9. The Kier molecular flexibility index (Phi) is 7.01. The quantitative estimate of drug-likeness (QED) is 0.539. The maximum atomic E-state index is 13.7. The van der Waals surface area contributed by atoms with Crippen molar-refractivity contribution in [3.05, 3.63) is 59.4 Å². The zero-order valence-electron chi connectivity index (χ0n) is 19.4. The van der Waals surface area contributed by atoms with Crippen LogP contribution in [0.25, 0.3) is 11.3 Å². The Morgan fingerprint density at radius 1 is 1.18 bits per heavy atom. The van der Waals surface area contributed by atoms with Gasteiger partial charge in [0.2, 0.25) is 11.8 Å². The highest BCUT2D eigenvalue weighted by Crippen LogP contribution is 2.28. The van der Waals surface area contributed by atoms with E-state index in [-0.39, 0.29) is 18.3 Å². The Morgan fingerprint density at radius 3 is 2.67 bits per heavy atom. The average molecular weight is 452 g/mol. The molecule has 1 fully saturated rings. The zero-order valence-corrected chi connectivity index (χ0v) is 19.4. The predicted molar refractivity (Wildman–Crippen MR) is 123 cm³/mol. The normalized spacial score (nSPS) is 14.5. The highest BCUT2D eigenvalue weighted by atomic mass is 19.1. The van der Waals surface area contributed by atoms with Crippen LogP contribution in [0.15, 0.2) is 36.7 Å². The van der Waals surface area contributed by atoms with E-state index in [0.29, 0.717) is 30.5 Å². The van der Waals surface area contributed by atoms with Gasteiger partial charge in [0.1, 0.15) is 18.7 Å². The highest BCUT2D eigenvalue weighted by molar-refractivity contribution is 5.76. The van der Waals surface area contributed by atoms with Crippen molar-refractivity contribution in [3.63, 3.8) is 0 Å². The zero-order chi connectivity index (χ0) is 23.4. The van der Waals surface area contributed by atoms with E-state index in [9.17, 15) is 9.18 Å². The lowest BCUT2D eigenvalue weighted by Crippen LogP contribution is -2.40. The Labute approximate surface area is 193 Å². The topological polar surface area (TPSA) is 73.1 Å². The number of carbonyl (C=O) groups is 1. The average Bonchev–Trinajstić information content (AvgIpc) is 3.23. The molecule has 4 rings (SSSR count). The summed E-state index contributed by atoms with van der Waals surface area (Å²) in [5.74, 6) is 0.689. The number of benzene rings is 1. The summed E-state index contributed by atoms with van der Waals surface area (Å²) < 4.78 is 20.7. The molecule has 0 spiro atoms. The summed E-state index contributed by atoms with van der Waals surface area (Å²) >= 11 is 0. The van der Waals surface area contributed by atoms with Crippen molar-refractivity contribution in [3.8, 4) is 17.1 Å². The van der Waals surface area contributed by atoms with Crippen LogP contribution in [0.2, 0.25) is 0 Å². The number of piperidine rings is 1. The molecule has 1 aliphatic heterocycles. The van der Waals surface area contributed by atoms with E-state index in [0.717, 1.165) is 48.3 Å². The lowest BCUT2D eigenvalue weighted by atomic mass is 9.93. The molecule has 2 aromatic heterocycles. The minimum absolute atomic E-state index is 0.0657. The van der Waals surface area contributed by atoms with Gasteiger partial charge in [-0.25, -0.2) is 14.4 Å². The number of ether oxygens (including phenoxy) is 1. The van der Waals surface area contributed by atoms with Crippen molar-refractivity contribution in [1.82, 2.24) is 24.6 Å². The van der Waals surface area contributed by atoms with Crippen LogP contribution in [0.1, 0.15) is 49.1 Å². The van der Waals surface area contributed by atoms with Gasteiger partial charge in [-0.05, 0) is 56.0 Å². The number of nitrogens with zero attached hydrogens (tertiary/aromatic N) is 5. The molecule has 0 saturated carbocycles. The minimum atomic E-state index is -0.231. The molecule has 174 valence electrons. The summed E-state index contributed by atoms with van der Waals surface area (Å²) in [6.45, 7) is 5.43. The molecule has 0 unspecified atom stereocenters. The smallest absolute Gasteiger partial charge is 0.244 e. The van der Waals surface area contributed by atoms with E-state index in [2.05, 4.69) is 16.9 Å². The fraction of sp³-hybridized carbons (Fsp3) is 0.440. The van der Waals surface area contributed by atoms with E-state index in [1.54, 1.807) is 30.8 Å². The van der Waals surface area contributed by atoms with Gasteiger partial charge in [-0.2, -0.15) is 5.10 Å². The van der Waals surface area contributed by atoms with Crippen LogP contribution < -0.4 is 4.74 Å². The Bertz CT molecular complexity index is 1120. The van der Waals surface area contributed by atoms with Gasteiger partial charge in [0.05, 0.1) is 18.5 Å². The maximum Gasteiger partial charge on any atom is 0.244 e. The van der Waals surface area contributed by atoms with Crippen LogP contribution in [0.4, 0.5) is 4.39 Å². The van der Waals surface area contributed by atoms with Crippen molar-refractivity contribution in [2.45, 2.75) is 52.0 Å². The second kappa shape index (κ2) is 10.1. The van der Waals surface area contributed by atoms with E-state index >= 15 is 0 Å². The van der Waals surface area contributed by atoms with Gasteiger partial charge in [-0.15, -0.1) is 0 Å². The largest absolute Gasteiger partial charge is 0.481 e. The molecule has 33 heavy (non-hydrogen) atoms. The predicted octanol–water partition coefficient (Wildman–Crippen LogP) is 4.15. The van der Waals surface area contributed by atoms with Gasteiger partial charge in [-0.3, -0.25) is 9.48 Å². The number of carbonyl (C=O) groups excluding carboxylic acids is 1. The van der Waals surface area contributed by atoms with E-state index in [4.69, 9.17) is 9.84 Å². The molecular formula is C25H30FN5O2. The second-order valence-electron chi connectivity index (χ2n) is 8.53. The number of aryl methyl sites for hydroxylation is 2. The maximum absolute atomic E-state index is 13.7. The molecule has 0 aliphatic carbocycles. The van der Waals surface area contributed by atoms with Crippen molar-refractivity contribution in [2.75, 3.05) is 20.2 Å². The fourth-order valence-corrected chi connectivity index (χ4v) is 4.34. The van der Waals surface area contributed by atoms with Gasteiger partial charge >= 0.3 is 0 Å². The molecule has 1 aromatic carbocycles. The monoisotopic (exact) mass is 451 g/mol. The molecule has 0 bridgehead atoms. The van der Waals surface area contributed by atoms with Crippen LogP contribution in [0.3, 0.4) is 0 Å². The van der Waals surface area contributed by atoms with Crippen LogP contribution in [-0.4, -0.2) is 50.8 Å². The Balaban J connectivity index is 1.43. The second-order valence-corrected chi connectivity index (χ2v) is 8.53. The number of halogens is 1. The Hall–Kier alpha value is -3.29. The van der Waals surface area contributed by atoms with Crippen molar-refractivity contribution in [2.24, 2.45) is 0 Å². The standard InChI is InChI=1S/C25H30FN5O2/c1-4-5-20-13-23(19-6-7-21(26)17(2)12-19)29-31(20)15-25(32)30-10-8-18(9-11-30)22-14-24(33-3)28-16-27-22/h6-7,12-14,16,18H,4-5,8-11,15H2,1-3H3. The first-order chi connectivity index (χ1) is 16.0. The lowest BCUT2D eigenvalue weighted by Gasteiger charge is -2.32. The summed E-state index contributed by atoms with van der Waals surface area (Å²) in [6, 6.07) is 8.89. The van der Waals surface area contributed by atoms with E-state index < -0.39 is 0 Å². The summed E-state index contributed by atoms with van der Waals surface area (Å²) in [5.41, 5.74) is 4.19. The third-order valence-electron chi connectivity index (χ3n) is 6.25. The molecular weight excluding hydrogens is 421 g/mol.